The molecule has 0 unspecified atom stereocenters. The van der Waals surface area contributed by atoms with E-state index in [1.807, 2.05) is 6.92 Å². The highest BCUT2D eigenvalue weighted by atomic mass is 16.5. The Labute approximate surface area is 112 Å². The molecule has 0 fully saturated rings. The summed E-state index contributed by atoms with van der Waals surface area (Å²) in [5.41, 5.74) is 0.864. The van der Waals surface area contributed by atoms with Crippen molar-refractivity contribution >= 4 is 11.9 Å². The Balaban J connectivity index is 3.27. The van der Waals surface area contributed by atoms with E-state index in [0.717, 1.165) is 6.42 Å². The van der Waals surface area contributed by atoms with Crippen LogP contribution in [-0.4, -0.2) is 34.9 Å². The molecule has 0 N–H and O–H groups in total. The molecular weight excluding hydrogens is 248 g/mol. The number of carbonyl (C=O) groups excluding carboxylic acids is 2. The van der Waals surface area contributed by atoms with Crippen molar-refractivity contribution in [1.29, 1.82) is 0 Å². The fourth-order valence-corrected chi connectivity index (χ4v) is 1.81. The van der Waals surface area contributed by atoms with Crippen molar-refractivity contribution in [3.8, 4) is 0 Å². The second kappa shape index (κ2) is 6.92. The standard InChI is InChI=1S/C13H20N2O4/c1-5-8-15-11(13(17)19-7-3)10(9(4)14-15)12(16)18-6-2/h5-8H2,1-4H3. The summed E-state index contributed by atoms with van der Waals surface area (Å²) in [6.07, 6.45) is 0.801. The van der Waals surface area contributed by atoms with E-state index in [4.69, 9.17) is 9.47 Å². The Hall–Kier alpha value is -1.85. The first-order valence-electron chi connectivity index (χ1n) is 6.48. The van der Waals surface area contributed by atoms with Gasteiger partial charge < -0.3 is 9.47 Å². The van der Waals surface area contributed by atoms with E-state index >= 15 is 0 Å². The van der Waals surface area contributed by atoms with E-state index < -0.39 is 11.9 Å². The molecule has 6 heteroatoms. The molecule has 106 valence electrons. The predicted molar refractivity (Wildman–Crippen MR) is 69.2 cm³/mol. The molecule has 0 amide bonds. The van der Waals surface area contributed by atoms with Crippen molar-refractivity contribution in [2.75, 3.05) is 13.2 Å². The Morgan fingerprint density at radius 1 is 1.11 bits per heavy atom. The lowest BCUT2D eigenvalue weighted by Gasteiger charge is -2.07. The number of aryl methyl sites for hydroxylation is 2. The molecule has 0 aliphatic carbocycles. The van der Waals surface area contributed by atoms with Crippen molar-refractivity contribution in [2.24, 2.45) is 0 Å². The van der Waals surface area contributed by atoms with E-state index in [1.165, 1.54) is 4.68 Å². The lowest BCUT2D eigenvalue weighted by molar-refractivity contribution is 0.0469. The maximum absolute atomic E-state index is 12.0. The predicted octanol–water partition coefficient (Wildman–Crippen LogP) is 1.95. The number of ether oxygens (including phenoxy) is 2. The summed E-state index contributed by atoms with van der Waals surface area (Å²) < 4.78 is 11.5. The van der Waals surface area contributed by atoms with E-state index in [0.29, 0.717) is 12.2 Å². The van der Waals surface area contributed by atoms with E-state index in [2.05, 4.69) is 5.10 Å². The molecule has 0 aliphatic heterocycles. The number of hydrogen-bond acceptors (Lipinski definition) is 5. The van der Waals surface area contributed by atoms with Crippen molar-refractivity contribution in [3.63, 3.8) is 0 Å². The molecule has 1 aromatic rings. The highest BCUT2D eigenvalue weighted by Gasteiger charge is 2.28. The van der Waals surface area contributed by atoms with Crippen molar-refractivity contribution in [3.05, 3.63) is 17.0 Å². The van der Waals surface area contributed by atoms with Crippen LogP contribution in [0.25, 0.3) is 0 Å². The van der Waals surface area contributed by atoms with Crippen LogP contribution < -0.4 is 0 Å². The van der Waals surface area contributed by atoms with Gasteiger partial charge in [0, 0.05) is 6.54 Å². The van der Waals surface area contributed by atoms with Crippen LogP contribution in [0.5, 0.6) is 0 Å². The second-order valence-corrected chi connectivity index (χ2v) is 3.97. The number of esters is 2. The number of aromatic nitrogens is 2. The molecule has 1 heterocycles. The second-order valence-electron chi connectivity index (χ2n) is 3.97. The minimum Gasteiger partial charge on any atom is -0.462 e. The maximum atomic E-state index is 12.0. The normalized spacial score (nSPS) is 10.3. The fraction of sp³-hybridized carbons (Fsp3) is 0.615. The molecule has 0 atom stereocenters. The van der Waals surface area contributed by atoms with Crippen LogP contribution >= 0.6 is 0 Å². The average Bonchev–Trinajstić information content (AvgIpc) is 2.67. The van der Waals surface area contributed by atoms with Gasteiger partial charge in [-0.2, -0.15) is 5.10 Å². The van der Waals surface area contributed by atoms with Gasteiger partial charge in [0.15, 0.2) is 5.69 Å². The monoisotopic (exact) mass is 268 g/mol. The molecule has 0 aliphatic rings. The maximum Gasteiger partial charge on any atom is 0.357 e. The van der Waals surface area contributed by atoms with Gasteiger partial charge in [-0.05, 0) is 27.2 Å². The molecule has 0 saturated heterocycles. The Bertz CT molecular complexity index is 465. The summed E-state index contributed by atoms with van der Waals surface area (Å²) in [5.74, 6) is -1.08. The van der Waals surface area contributed by atoms with Gasteiger partial charge in [-0.15, -0.1) is 0 Å². The van der Waals surface area contributed by atoms with Crippen molar-refractivity contribution in [2.45, 2.75) is 40.7 Å². The average molecular weight is 268 g/mol. The van der Waals surface area contributed by atoms with Crippen LogP contribution in [0, 0.1) is 6.92 Å². The molecule has 19 heavy (non-hydrogen) atoms. The topological polar surface area (TPSA) is 70.4 Å². The van der Waals surface area contributed by atoms with Gasteiger partial charge in [0.05, 0.1) is 18.9 Å². The van der Waals surface area contributed by atoms with Crippen LogP contribution in [0.15, 0.2) is 0 Å². The third kappa shape index (κ3) is 3.33. The van der Waals surface area contributed by atoms with Crippen LogP contribution in [0.3, 0.4) is 0 Å². The molecule has 0 radical (unpaired) electrons. The van der Waals surface area contributed by atoms with Gasteiger partial charge in [-0.3, -0.25) is 4.68 Å². The first-order valence-corrected chi connectivity index (χ1v) is 6.48. The molecule has 0 saturated carbocycles. The van der Waals surface area contributed by atoms with E-state index in [9.17, 15) is 9.59 Å². The summed E-state index contributed by atoms with van der Waals surface area (Å²) in [4.78, 5) is 23.9. The van der Waals surface area contributed by atoms with Crippen LogP contribution in [0.4, 0.5) is 0 Å². The number of nitrogens with zero attached hydrogens (tertiary/aromatic N) is 2. The summed E-state index contributed by atoms with van der Waals surface area (Å²) >= 11 is 0. The lowest BCUT2D eigenvalue weighted by atomic mass is 10.2. The quantitative estimate of drug-likeness (QED) is 0.737. The summed E-state index contributed by atoms with van der Waals surface area (Å²) in [5, 5.41) is 4.22. The number of hydrogen-bond donors (Lipinski definition) is 0. The van der Waals surface area contributed by atoms with Gasteiger partial charge in [0.1, 0.15) is 5.56 Å². The molecule has 0 aromatic carbocycles. The minimum absolute atomic E-state index is 0.180. The number of rotatable bonds is 6. The molecule has 1 aromatic heterocycles. The number of carbonyl (C=O) groups is 2. The van der Waals surface area contributed by atoms with Gasteiger partial charge in [0.2, 0.25) is 0 Å². The lowest BCUT2D eigenvalue weighted by Crippen LogP contribution is -2.18. The van der Waals surface area contributed by atoms with Crippen LogP contribution in [0.2, 0.25) is 0 Å². The van der Waals surface area contributed by atoms with E-state index in [-0.39, 0.29) is 24.5 Å². The summed E-state index contributed by atoms with van der Waals surface area (Å²) in [6, 6.07) is 0. The first-order chi connectivity index (χ1) is 9.06. The van der Waals surface area contributed by atoms with Crippen molar-refractivity contribution in [1.82, 2.24) is 9.78 Å². The first kappa shape index (κ1) is 15.2. The highest BCUT2D eigenvalue weighted by molar-refractivity contribution is 6.02. The Morgan fingerprint density at radius 2 is 1.68 bits per heavy atom. The van der Waals surface area contributed by atoms with Crippen LogP contribution in [-0.2, 0) is 16.0 Å². The smallest absolute Gasteiger partial charge is 0.357 e. The highest BCUT2D eigenvalue weighted by Crippen LogP contribution is 2.17. The van der Waals surface area contributed by atoms with Gasteiger partial charge in [-0.1, -0.05) is 6.92 Å². The third-order valence-corrected chi connectivity index (χ3v) is 2.51. The van der Waals surface area contributed by atoms with Gasteiger partial charge in [0.25, 0.3) is 0 Å². The third-order valence-electron chi connectivity index (χ3n) is 2.51. The zero-order valence-corrected chi connectivity index (χ0v) is 11.9. The Morgan fingerprint density at radius 3 is 2.21 bits per heavy atom. The zero-order valence-electron chi connectivity index (χ0n) is 11.9. The Kier molecular flexibility index (Phi) is 5.54. The fourth-order valence-electron chi connectivity index (χ4n) is 1.81. The zero-order chi connectivity index (χ0) is 14.4. The van der Waals surface area contributed by atoms with Crippen molar-refractivity contribution < 1.29 is 19.1 Å². The van der Waals surface area contributed by atoms with Gasteiger partial charge in [-0.25, -0.2) is 9.59 Å². The van der Waals surface area contributed by atoms with Gasteiger partial charge >= 0.3 is 11.9 Å². The summed E-state index contributed by atoms with van der Waals surface area (Å²) in [7, 11) is 0. The molecule has 6 nitrogen and oxygen atoms in total. The molecule has 0 bridgehead atoms. The minimum atomic E-state index is -0.542. The molecular formula is C13H20N2O4. The van der Waals surface area contributed by atoms with E-state index in [1.54, 1.807) is 20.8 Å². The molecule has 0 spiro atoms. The SMILES string of the molecule is CCCn1nc(C)c(C(=O)OCC)c1C(=O)OCC. The molecule has 1 rings (SSSR count). The largest absolute Gasteiger partial charge is 0.462 e. The summed E-state index contributed by atoms with van der Waals surface area (Å²) in [6.45, 7) is 8.13. The van der Waals surface area contributed by atoms with Crippen LogP contribution in [0.1, 0.15) is 53.7 Å².